The second-order valence-corrected chi connectivity index (χ2v) is 5.72. The van der Waals surface area contributed by atoms with Gasteiger partial charge in [0.15, 0.2) is 5.13 Å². The van der Waals surface area contributed by atoms with E-state index < -0.39 is 0 Å². The van der Waals surface area contributed by atoms with Crippen molar-refractivity contribution in [2.24, 2.45) is 0 Å². The number of carbonyl (C=O) groups excluding carboxylic acids is 1. The number of aromatic nitrogens is 1. The van der Waals surface area contributed by atoms with Crippen LogP contribution in [0.3, 0.4) is 0 Å². The van der Waals surface area contributed by atoms with Crippen LogP contribution in [0.4, 0.5) is 16.5 Å². The van der Waals surface area contributed by atoms with E-state index in [0.717, 1.165) is 22.1 Å². The Kier molecular flexibility index (Phi) is 4.25. The van der Waals surface area contributed by atoms with Gasteiger partial charge in [-0.25, -0.2) is 9.78 Å². The van der Waals surface area contributed by atoms with Crippen LogP contribution in [-0.4, -0.2) is 18.1 Å². The van der Waals surface area contributed by atoms with Crippen LogP contribution in [0.15, 0.2) is 53.9 Å². The summed E-state index contributed by atoms with van der Waals surface area (Å²) in [5, 5.41) is 5.90. The highest BCUT2D eigenvalue weighted by atomic mass is 32.1. The minimum absolute atomic E-state index is 0.367. The summed E-state index contributed by atoms with van der Waals surface area (Å²) in [6.45, 7) is 0. The Balaban J connectivity index is 1.81. The number of nitrogens with one attached hydrogen (secondary N) is 1. The topological polar surface area (TPSA) is 77.2 Å². The fourth-order valence-corrected chi connectivity index (χ4v) is 2.87. The average molecular weight is 325 g/mol. The van der Waals surface area contributed by atoms with Crippen LogP contribution >= 0.6 is 11.3 Å². The number of ether oxygens (including phenoxy) is 1. The van der Waals surface area contributed by atoms with Gasteiger partial charge in [-0.3, -0.25) is 0 Å². The van der Waals surface area contributed by atoms with Crippen LogP contribution in [0.25, 0.3) is 11.3 Å². The van der Waals surface area contributed by atoms with Gasteiger partial charge in [0.2, 0.25) is 0 Å². The molecule has 0 aliphatic carbocycles. The molecule has 0 fully saturated rings. The third kappa shape index (κ3) is 3.49. The van der Waals surface area contributed by atoms with E-state index in [0.29, 0.717) is 11.3 Å². The van der Waals surface area contributed by atoms with Crippen LogP contribution < -0.4 is 11.1 Å². The Morgan fingerprint density at radius 3 is 2.83 bits per heavy atom. The van der Waals surface area contributed by atoms with E-state index in [9.17, 15) is 4.79 Å². The number of carbonyl (C=O) groups is 1. The number of rotatable bonds is 4. The van der Waals surface area contributed by atoms with Crippen LogP contribution in [0.5, 0.6) is 0 Å². The number of nitrogens with two attached hydrogens (primary N) is 1. The SMILES string of the molecule is COC(=O)c1cccc(Nc2nc(-c3cccc(N)c3)cs2)c1. The lowest BCUT2D eigenvalue weighted by Gasteiger charge is -2.04. The lowest BCUT2D eigenvalue weighted by molar-refractivity contribution is 0.0601. The van der Waals surface area contributed by atoms with E-state index >= 15 is 0 Å². The van der Waals surface area contributed by atoms with Gasteiger partial charge in [0, 0.05) is 22.3 Å². The minimum Gasteiger partial charge on any atom is -0.465 e. The van der Waals surface area contributed by atoms with Gasteiger partial charge >= 0.3 is 5.97 Å². The summed E-state index contributed by atoms with van der Waals surface area (Å²) in [6.07, 6.45) is 0. The molecule has 23 heavy (non-hydrogen) atoms. The zero-order valence-electron chi connectivity index (χ0n) is 12.4. The van der Waals surface area contributed by atoms with Crippen molar-refractivity contribution in [3.05, 3.63) is 59.5 Å². The third-order valence-electron chi connectivity index (χ3n) is 3.22. The molecule has 3 rings (SSSR count). The predicted octanol–water partition coefficient (Wildman–Crippen LogP) is 3.92. The maximum Gasteiger partial charge on any atom is 0.337 e. The minimum atomic E-state index is -0.367. The first kappa shape index (κ1) is 15.1. The van der Waals surface area contributed by atoms with Gasteiger partial charge in [-0.2, -0.15) is 0 Å². The zero-order valence-corrected chi connectivity index (χ0v) is 13.3. The Morgan fingerprint density at radius 1 is 1.22 bits per heavy atom. The molecule has 0 saturated heterocycles. The number of anilines is 3. The van der Waals surface area contributed by atoms with Gasteiger partial charge in [0.25, 0.3) is 0 Å². The second kappa shape index (κ2) is 6.50. The molecule has 0 atom stereocenters. The van der Waals surface area contributed by atoms with E-state index in [1.807, 2.05) is 35.7 Å². The monoisotopic (exact) mass is 325 g/mol. The first-order valence-electron chi connectivity index (χ1n) is 6.92. The van der Waals surface area contributed by atoms with Gasteiger partial charge < -0.3 is 15.8 Å². The largest absolute Gasteiger partial charge is 0.465 e. The fourth-order valence-electron chi connectivity index (χ4n) is 2.13. The molecule has 0 bridgehead atoms. The lowest BCUT2D eigenvalue weighted by atomic mass is 10.1. The van der Waals surface area contributed by atoms with E-state index in [4.69, 9.17) is 10.5 Å². The summed E-state index contributed by atoms with van der Waals surface area (Å²) in [5.41, 5.74) is 9.60. The number of nitrogens with zero attached hydrogens (tertiary/aromatic N) is 1. The van der Waals surface area contributed by atoms with Crippen LogP contribution in [0.2, 0.25) is 0 Å². The normalized spacial score (nSPS) is 10.3. The van der Waals surface area contributed by atoms with Crippen molar-refractivity contribution in [3.63, 3.8) is 0 Å². The zero-order chi connectivity index (χ0) is 16.2. The molecular formula is C17H15N3O2S. The number of hydrogen-bond donors (Lipinski definition) is 2. The van der Waals surface area contributed by atoms with Crippen LogP contribution in [0, 0.1) is 0 Å². The third-order valence-corrected chi connectivity index (χ3v) is 3.98. The Morgan fingerprint density at radius 2 is 2.04 bits per heavy atom. The molecule has 0 unspecified atom stereocenters. The van der Waals surface area contributed by atoms with Crippen molar-refractivity contribution in [2.45, 2.75) is 0 Å². The molecule has 3 N–H and O–H groups in total. The van der Waals surface area contributed by atoms with Crippen LogP contribution in [0.1, 0.15) is 10.4 Å². The molecule has 0 amide bonds. The molecule has 0 saturated carbocycles. The van der Waals surface area contributed by atoms with Crippen LogP contribution in [-0.2, 0) is 4.74 Å². The molecule has 0 aliphatic rings. The molecule has 6 heteroatoms. The molecule has 5 nitrogen and oxygen atoms in total. The molecule has 0 spiro atoms. The number of thiazole rings is 1. The predicted molar refractivity (Wildman–Crippen MR) is 93.0 cm³/mol. The summed E-state index contributed by atoms with van der Waals surface area (Å²) < 4.78 is 4.72. The summed E-state index contributed by atoms with van der Waals surface area (Å²) >= 11 is 1.49. The van der Waals surface area contributed by atoms with Gasteiger partial charge in [-0.05, 0) is 30.3 Å². The van der Waals surface area contributed by atoms with Crippen molar-refractivity contribution in [2.75, 3.05) is 18.2 Å². The van der Waals surface area contributed by atoms with E-state index in [-0.39, 0.29) is 5.97 Å². The van der Waals surface area contributed by atoms with E-state index in [2.05, 4.69) is 10.3 Å². The van der Waals surface area contributed by atoms with Gasteiger partial charge in [-0.1, -0.05) is 18.2 Å². The molecule has 1 heterocycles. The van der Waals surface area contributed by atoms with Crippen molar-refractivity contribution >= 4 is 33.8 Å². The standard InChI is InChI=1S/C17H15N3O2S/c1-22-16(21)12-5-3-7-14(9-12)19-17-20-15(10-23-17)11-4-2-6-13(18)8-11/h2-10H,18H2,1H3,(H,19,20). The summed E-state index contributed by atoms with van der Waals surface area (Å²) in [4.78, 5) is 16.1. The molecule has 0 aliphatic heterocycles. The van der Waals surface area contributed by atoms with Gasteiger partial charge in [0.05, 0.1) is 18.4 Å². The first-order chi connectivity index (χ1) is 11.2. The molecule has 3 aromatic rings. The van der Waals surface area contributed by atoms with E-state index in [1.54, 1.807) is 18.2 Å². The molecule has 2 aromatic carbocycles. The fraction of sp³-hybridized carbons (Fsp3) is 0.0588. The summed E-state index contributed by atoms with van der Waals surface area (Å²) in [5.74, 6) is -0.367. The summed E-state index contributed by atoms with van der Waals surface area (Å²) in [6, 6.07) is 14.7. The Labute approximate surface area is 137 Å². The van der Waals surface area contributed by atoms with Gasteiger partial charge in [0.1, 0.15) is 0 Å². The average Bonchev–Trinajstić information content (AvgIpc) is 3.03. The van der Waals surface area contributed by atoms with Crippen molar-refractivity contribution < 1.29 is 9.53 Å². The van der Waals surface area contributed by atoms with Crippen molar-refractivity contribution in [1.82, 2.24) is 4.98 Å². The number of nitrogen functional groups attached to an aromatic ring is 1. The summed E-state index contributed by atoms with van der Waals surface area (Å²) in [7, 11) is 1.36. The van der Waals surface area contributed by atoms with Crippen molar-refractivity contribution in [3.8, 4) is 11.3 Å². The lowest BCUT2D eigenvalue weighted by Crippen LogP contribution is -2.01. The number of hydrogen-bond acceptors (Lipinski definition) is 6. The Bertz CT molecular complexity index is 845. The molecular weight excluding hydrogens is 310 g/mol. The highest BCUT2D eigenvalue weighted by Crippen LogP contribution is 2.28. The number of esters is 1. The first-order valence-corrected chi connectivity index (χ1v) is 7.80. The number of methoxy groups -OCH3 is 1. The Hall–Kier alpha value is -2.86. The van der Waals surface area contributed by atoms with Gasteiger partial charge in [-0.15, -0.1) is 11.3 Å². The molecule has 1 aromatic heterocycles. The molecule has 0 radical (unpaired) electrons. The second-order valence-electron chi connectivity index (χ2n) is 4.86. The highest BCUT2D eigenvalue weighted by Gasteiger charge is 2.08. The molecule has 116 valence electrons. The number of benzene rings is 2. The van der Waals surface area contributed by atoms with E-state index in [1.165, 1.54) is 18.4 Å². The highest BCUT2D eigenvalue weighted by molar-refractivity contribution is 7.14. The smallest absolute Gasteiger partial charge is 0.337 e. The van der Waals surface area contributed by atoms with Crippen molar-refractivity contribution in [1.29, 1.82) is 0 Å². The quantitative estimate of drug-likeness (QED) is 0.561. The maximum atomic E-state index is 11.6. The maximum absolute atomic E-state index is 11.6.